The van der Waals surface area contributed by atoms with Gasteiger partial charge < -0.3 is 21.1 Å². The molecule has 7 heteroatoms. The predicted molar refractivity (Wildman–Crippen MR) is 72.9 cm³/mol. The largest absolute Gasteiger partial charge is 0.480 e. The summed E-state index contributed by atoms with van der Waals surface area (Å²) in [4.78, 5) is 36.0. The number of carbonyl (C=O) groups excluding carboxylic acids is 2. The fourth-order valence-electron chi connectivity index (χ4n) is 2.26. The van der Waals surface area contributed by atoms with Gasteiger partial charge in [-0.2, -0.15) is 0 Å². The summed E-state index contributed by atoms with van der Waals surface area (Å²) in [6.07, 6.45) is 1.36. The third-order valence-corrected chi connectivity index (χ3v) is 3.49. The van der Waals surface area contributed by atoms with Crippen molar-refractivity contribution in [2.75, 3.05) is 13.1 Å². The van der Waals surface area contributed by atoms with E-state index in [1.54, 1.807) is 20.8 Å². The molecule has 0 saturated carbocycles. The highest BCUT2D eigenvalue weighted by molar-refractivity contribution is 5.84. The number of piperidine rings is 1. The summed E-state index contributed by atoms with van der Waals surface area (Å²) in [5.41, 5.74) is 4.66. The molecular weight excluding hydrogens is 262 g/mol. The zero-order valence-corrected chi connectivity index (χ0v) is 12.2. The van der Waals surface area contributed by atoms with Crippen molar-refractivity contribution < 1.29 is 19.5 Å². The Morgan fingerprint density at radius 1 is 1.35 bits per heavy atom. The van der Waals surface area contributed by atoms with Crippen LogP contribution in [-0.2, 0) is 9.59 Å². The Labute approximate surface area is 118 Å². The molecular formula is C13H23N3O4. The molecule has 7 nitrogen and oxygen atoms in total. The zero-order chi connectivity index (χ0) is 15.5. The van der Waals surface area contributed by atoms with Gasteiger partial charge in [0.05, 0.1) is 5.92 Å². The number of aliphatic carboxylic acids is 1. The normalized spacial score (nSPS) is 21.1. The van der Waals surface area contributed by atoms with Crippen LogP contribution in [0.15, 0.2) is 0 Å². The fraction of sp³-hybridized carbons (Fsp3) is 0.769. The first-order chi connectivity index (χ1) is 9.12. The van der Waals surface area contributed by atoms with Crippen molar-refractivity contribution in [3.8, 4) is 0 Å². The molecule has 0 aromatic rings. The average molecular weight is 285 g/mol. The summed E-state index contributed by atoms with van der Waals surface area (Å²) < 4.78 is 0. The van der Waals surface area contributed by atoms with Crippen LogP contribution in [0.3, 0.4) is 0 Å². The second kappa shape index (κ2) is 6.11. The number of carbonyl (C=O) groups is 3. The number of urea groups is 1. The number of primary amides is 1. The van der Waals surface area contributed by atoms with E-state index < -0.39 is 29.4 Å². The maximum atomic E-state index is 12.1. The molecule has 20 heavy (non-hydrogen) atoms. The molecule has 1 saturated heterocycles. The van der Waals surface area contributed by atoms with E-state index in [0.717, 1.165) is 0 Å². The number of nitrogens with one attached hydrogen (secondary N) is 1. The Bertz CT molecular complexity index is 403. The van der Waals surface area contributed by atoms with E-state index in [2.05, 4.69) is 5.32 Å². The Morgan fingerprint density at radius 3 is 2.40 bits per heavy atom. The van der Waals surface area contributed by atoms with Gasteiger partial charge in [-0.05, 0) is 18.3 Å². The highest BCUT2D eigenvalue weighted by atomic mass is 16.4. The third kappa shape index (κ3) is 4.11. The number of amides is 3. The molecule has 0 radical (unpaired) electrons. The number of likely N-dealkylation sites (tertiary alicyclic amines) is 1. The molecule has 3 amide bonds. The van der Waals surface area contributed by atoms with Gasteiger partial charge in [0.25, 0.3) is 0 Å². The van der Waals surface area contributed by atoms with Crippen molar-refractivity contribution in [3.63, 3.8) is 0 Å². The molecule has 1 unspecified atom stereocenters. The van der Waals surface area contributed by atoms with Gasteiger partial charge in [-0.3, -0.25) is 4.79 Å². The Morgan fingerprint density at radius 2 is 1.95 bits per heavy atom. The van der Waals surface area contributed by atoms with Crippen LogP contribution in [0, 0.1) is 11.3 Å². The van der Waals surface area contributed by atoms with Crippen LogP contribution in [0.2, 0.25) is 0 Å². The molecule has 1 aliphatic heterocycles. The van der Waals surface area contributed by atoms with Gasteiger partial charge in [-0.25, -0.2) is 9.59 Å². The van der Waals surface area contributed by atoms with Gasteiger partial charge in [-0.15, -0.1) is 0 Å². The number of nitrogens with two attached hydrogens (primary N) is 1. The lowest BCUT2D eigenvalue weighted by Gasteiger charge is -2.34. The molecule has 4 N–H and O–H groups in total. The van der Waals surface area contributed by atoms with Crippen molar-refractivity contribution in [1.29, 1.82) is 0 Å². The molecule has 0 bridgehead atoms. The van der Waals surface area contributed by atoms with E-state index in [4.69, 9.17) is 5.73 Å². The van der Waals surface area contributed by atoms with E-state index in [-0.39, 0.29) is 12.5 Å². The summed E-state index contributed by atoms with van der Waals surface area (Å²) in [6, 6.07) is -1.44. The van der Waals surface area contributed by atoms with Gasteiger partial charge in [0, 0.05) is 13.1 Å². The number of carboxylic acids is 1. The summed E-state index contributed by atoms with van der Waals surface area (Å²) in [7, 11) is 0. The molecule has 2 atom stereocenters. The highest BCUT2D eigenvalue weighted by Gasteiger charge is 2.35. The first kappa shape index (κ1) is 16.3. The Kier molecular flexibility index (Phi) is 4.97. The van der Waals surface area contributed by atoms with Crippen LogP contribution in [-0.4, -0.2) is 47.0 Å². The minimum Gasteiger partial charge on any atom is -0.480 e. The lowest BCUT2D eigenvalue weighted by molar-refractivity contribution is -0.142. The van der Waals surface area contributed by atoms with E-state index >= 15 is 0 Å². The molecule has 0 aliphatic carbocycles. The van der Waals surface area contributed by atoms with Gasteiger partial charge in [0.2, 0.25) is 5.91 Å². The summed E-state index contributed by atoms with van der Waals surface area (Å²) >= 11 is 0. The van der Waals surface area contributed by atoms with E-state index in [0.29, 0.717) is 19.4 Å². The zero-order valence-electron chi connectivity index (χ0n) is 12.2. The first-order valence-corrected chi connectivity index (χ1v) is 6.70. The monoisotopic (exact) mass is 285 g/mol. The van der Waals surface area contributed by atoms with Gasteiger partial charge in [0.1, 0.15) is 6.04 Å². The molecule has 0 aromatic carbocycles. The fourth-order valence-corrected chi connectivity index (χ4v) is 2.26. The van der Waals surface area contributed by atoms with Gasteiger partial charge in [0.15, 0.2) is 0 Å². The standard InChI is InChI=1S/C13H23N3O4/c1-13(2,3)9(11(18)19)15-12(20)16-6-4-5-8(7-16)10(14)17/h8-9H,4-7H2,1-3H3,(H2,14,17)(H,15,20)(H,18,19)/t8?,9-/m1/s1. The topological polar surface area (TPSA) is 113 Å². The second-order valence-electron chi connectivity index (χ2n) is 6.27. The number of nitrogens with zero attached hydrogens (tertiary/aromatic N) is 1. The smallest absolute Gasteiger partial charge is 0.326 e. The number of carboxylic acid groups (broad SMARTS) is 1. The average Bonchev–Trinajstić information content (AvgIpc) is 2.33. The van der Waals surface area contributed by atoms with Crippen LogP contribution in [0.25, 0.3) is 0 Å². The highest BCUT2D eigenvalue weighted by Crippen LogP contribution is 2.21. The van der Waals surface area contributed by atoms with Crippen LogP contribution in [0.5, 0.6) is 0 Å². The van der Waals surface area contributed by atoms with Crippen LogP contribution in [0.4, 0.5) is 4.79 Å². The lowest BCUT2D eigenvalue weighted by Crippen LogP contribution is -2.55. The SMILES string of the molecule is CC(C)(C)[C@H](NC(=O)N1CCCC(C(N)=O)C1)C(=O)O. The molecule has 1 aliphatic rings. The molecule has 0 spiro atoms. The van der Waals surface area contributed by atoms with Crippen molar-refractivity contribution in [2.24, 2.45) is 17.1 Å². The second-order valence-corrected chi connectivity index (χ2v) is 6.27. The van der Waals surface area contributed by atoms with Crippen molar-refractivity contribution in [3.05, 3.63) is 0 Å². The Balaban J connectivity index is 2.70. The van der Waals surface area contributed by atoms with Crippen LogP contribution >= 0.6 is 0 Å². The van der Waals surface area contributed by atoms with E-state index in [1.165, 1.54) is 4.90 Å². The van der Waals surface area contributed by atoms with Gasteiger partial charge in [-0.1, -0.05) is 20.8 Å². The minimum atomic E-state index is -1.07. The predicted octanol–water partition coefficient (Wildman–Crippen LogP) is 0.393. The van der Waals surface area contributed by atoms with E-state index in [1.807, 2.05) is 0 Å². The van der Waals surface area contributed by atoms with Crippen LogP contribution in [0.1, 0.15) is 33.6 Å². The summed E-state index contributed by atoms with van der Waals surface area (Å²) in [5.74, 6) is -1.85. The van der Waals surface area contributed by atoms with Crippen LogP contribution < -0.4 is 11.1 Å². The molecule has 114 valence electrons. The molecule has 1 fully saturated rings. The minimum absolute atomic E-state index is 0.248. The summed E-state index contributed by atoms with van der Waals surface area (Å²) in [6.45, 7) is 5.99. The maximum absolute atomic E-state index is 12.1. The van der Waals surface area contributed by atoms with Crippen molar-refractivity contribution in [2.45, 2.75) is 39.7 Å². The maximum Gasteiger partial charge on any atom is 0.326 e. The van der Waals surface area contributed by atoms with Crippen molar-refractivity contribution >= 4 is 17.9 Å². The third-order valence-electron chi connectivity index (χ3n) is 3.49. The first-order valence-electron chi connectivity index (χ1n) is 6.70. The molecule has 1 heterocycles. The Hall–Kier alpha value is -1.79. The number of hydrogen-bond acceptors (Lipinski definition) is 3. The lowest BCUT2D eigenvalue weighted by atomic mass is 9.87. The quantitative estimate of drug-likeness (QED) is 0.696. The number of rotatable bonds is 3. The van der Waals surface area contributed by atoms with Crippen molar-refractivity contribution in [1.82, 2.24) is 10.2 Å². The number of hydrogen-bond donors (Lipinski definition) is 3. The molecule has 0 aromatic heterocycles. The van der Waals surface area contributed by atoms with E-state index in [9.17, 15) is 19.5 Å². The molecule has 1 rings (SSSR count). The summed E-state index contributed by atoms with van der Waals surface area (Å²) in [5, 5.41) is 11.7. The van der Waals surface area contributed by atoms with Gasteiger partial charge >= 0.3 is 12.0 Å².